The van der Waals surface area contributed by atoms with Crippen molar-refractivity contribution in [1.29, 1.82) is 0 Å². The normalized spacial score (nSPS) is 10.5. The Morgan fingerprint density at radius 3 is 2.62 bits per heavy atom. The number of carboxylic acids is 1. The third-order valence-electron chi connectivity index (χ3n) is 3.60. The van der Waals surface area contributed by atoms with Crippen molar-refractivity contribution >= 4 is 11.9 Å². The summed E-state index contributed by atoms with van der Waals surface area (Å²) in [4.78, 5) is 24.9. The average Bonchev–Trinajstić information content (AvgIpc) is 2.98. The number of nitrogens with zero attached hydrogens (tertiary/aromatic N) is 1. The van der Waals surface area contributed by atoms with Gasteiger partial charge < -0.3 is 19.2 Å². The zero-order valence-electron chi connectivity index (χ0n) is 14.0. The van der Waals surface area contributed by atoms with Gasteiger partial charge in [0.15, 0.2) is 5.76 Å². The fourth-order valence-electron chi connectivity index (χ4n) is 2.27. The lowest BCUT2D eigenvalue weighted by Crippen LogP contribution is -2.30. The number of likely N-dealkylation sites (N-methyl/N-ethyl adjacent to an activating group) is 1. The van der Waals surface area contributed by atoms with Crippen LogP contribution in [-0.2, 0) is 6.42 Å². The molecule has 0 aliphatic rings. The van der Waals surface area contributed by atoms with Crippen LogP contribution in [0.1, 0.15) is 39.2 Å². The van der Waals surface area contributed by atoms with Gasteiger partial charge in [-0.05, 0) is 24.6 Å². The maximum atomic E-state index is 12.3. The molecule has 0 atom stereocenters. The Bertz CT molecular complexity index is 735. The Balaban J connectivity index is 1.96. The van der Waals surface area contributed by atoms with Crippen LogP contribution >= 0.6 is 0 Å². The summed E-state index contributed by atoms with van der Waals surface area (Å²) in [5.74, 6) is -0.391. The molecule has 1 aromatic carbocycles. The van der Waals surface area contributed by atoms with Crippen LogP contribution in [0.2, 0.25) is 0 Å². The van der Waals surface area contributed by atoms with Crippen molar-refractivity contribution in [3.63, 3.8) is 0 Å². The van der Waals surface area contributed by atoms with Gasteiger partial charge in [-0.1, -0.05) is 19.1 Å². The summed E-state index contributed by atoms with van der Waals surface area (Å²) in [5, 5.41) is 9.12. The Labute approximate surface area is 140 Å². The van der Waals surface area contributed by atoms with Crippen LogP contribution in [0.4, 0.5) is 0 Å². The van der Waals surface area contributed by atoms with E-state index in [0.717, 1.165) is 11.3 Å². The molecule has 2 rings (SSSR count). The molecule has 0 unspecified atom stereocenters. The van der Waals surface area contributed by atoms with E-state index < -0.39 is 5.97 Å². The Morgan fingerprint density at radius 2 is 2.04 bits per heavy atom. The number of aryl methyl sites for hydroxylation is 2. The maximum Gasteiger partial charge on any atom is 0.339 e. The maximum absolute atomic E-state index is 12.3. The van der Waals surface area contributed by atoms with Crippen LogP contribution in [0, 0.1) is 6.92 Å². The minimum atomic E-state index is -1.10. The Hall–Kier alpha value is -2.76. The SMILES string of the molecule is CCc1oc(C(=O)N(C)CCOc2cccc(C)c2)cc1C(=O)O. The highest BCUT2D eigenvalue weighted by atomic mass is 16.5. The highest BCUT2D eigenvalue weighted by Crippen LogP contribution is 2.18. The number of amides is 1. The minimum Gasteiger partial charge on any atom is -0.492 e. The van der Waals surface area contributed by atoms with Gasteiger partial charge in [0.2, 0.25) is 0 Å². The molecular weight excluding hydrogens is 310 g/mol. The summed E-state index contributed by atoms with van der Waals surface area (Å²) < 4.78 is 11.0. The molecule has 0 aliphatic carbocycles. The molecule has 0 radical (unpaired) electrons. The molecule has 2 aromatic rings. The molecule has 6 nitrogen and oxygen atoms in total. The van der Waals surface area contributed by atoms with E-state index in [1.54, 1.807) is 14.0 Å². The second-order valence-electron chi connectivity index (χ2n) is 5.50. The van der Waals surface area contributed by atoms with Crippen LogP contribution in [0.5, 0.6) is 5.75 Å². The van der Waals surface area contributed by atoms with Gasteiger partial charge in [0, 0.05) is 19.5 Å². The van der Waals surface area contributed by atoms with Crippen molar-refractivity contribution in [3.05, 3.63) is 53.0 Å². The van der Waals surface area contributed by atoms with Gasteiger partial charge in [-0.15, -0.1) is 0 Å². The zero-order valence-corrected chi connectivity index (χ0v) is 14.0. The van der Waals surface area contributed by atoms with E-state index in [4.69, 9.17) is 14.3 Å². The van der Waals surface area contributed by atoms with Gasteiger partial charge >= 0.3 is 5.97 Å². The van der Waals surface area contributed by atoms with Gasteiger partial charge in [-0.25, -0.2) is 4.79 Å². The van der Waals surface area contributed by atoms with Gasteiger partial charge in [0.1, 0.15) is 23.7 Å². The van der Waals surface area contributed by atoms with Crippen LogP contribution in [0.3, 0.4) is 0 Å². The molecule has 0 bridgehead atoms. The Kier molecular flexibility index (Phi) is 5.63. The van der Waals surface area contributed by atoms with Gasteiger partial charge in [-0.2, -0.15) is 0 Å². The topological polar surface area (TPSA) is 80.0 Å². The van der Waals surface area contributed by atoms with E-state index in [9.17, 15) is 9.59 Å². The van der Waals surface area contributed by atoms with Crippen molar-refractivity contribution in [2.75, 3.05) is 20.2 Å². The van der Waals surface area contributed by atoms with Crippen LogP contribution < -0.4 is 4.74 Å². The molecule has 6 heteroatoms. The van der Waals surface area contributed by atoms with E-state index in [1.165, 1.54) is 11.0 Å². The molecular formula is C18H21NO5. The van der Waals surface area contributed by atoms with E-state index in [0.29, 0.717) is 25.3 Å². The molecule has 0 aliphatic heterocycles. The molecule has 1 N–H and O–H groups in total. The number of carboxylic acid groups (broad SMARTS) is 1. The summed E-state index contributed by atoms with van der Waals surface area (Å²) >= 11 is 0. The third-order valence-corrected chi connectivity index (χ3v) is 3.60. The number of hydrogen-bond acceptors (Lipinski definition) is 4. The lowest BCUT2D eigenvalue weighted by molar-refractivity contribution is 0.0692. The van der Waals surface area contributed by atoms with E-state index in [1.807, 2.05) is 31.2 Å². The van der Waals surface area contributed by atoms with Crippen molar-refractivity contribution in [2.45, 2.75) is 20.3 Å². The lowest BCUT2D eigenvalue weighted by atomic mass is 10.2. The number of rotatable bonds is 7. The monoisotopic (exact) mass is 331 g/mol. The zero-order chi connectivity index (χ0) is 17.7. The first-order valence-corrected chi connectivity index (χ1v) is 7.73. The molecule has 0 fully saturated rings. The van der Waals surface area contributed by atoms with Gasteiger partial charge in [0.25, 0.3) is 5.91 Å². The van der Waals surface area contributed by atoms with Gasteiger partial charge in [0.05, 0.1) is 6.54 Å². The van der Waals surface area contributed by atoms with Crippen LogP contribution in [-0.4, -0.2) is 42.1 Å². The predicted molar refractivity (Wildman–Crippen MR) is 88.7 cm³/mol. The van der Waals surface area contributed by atoms with Crippen LogP contribution in [0.15, 0.2) is 34.7 Å². The minimum absolute atomic E-state index is 0.0299. The van der Waals surface area contributed by atoms with Crippen LogP contribution in [0.25, 0.3) is 0 Å². The first-order valence-electron chi connectivity index (χ1n) is 7.73. The largest absolute Gasteiger partial charge is 0.492 e. The van der Waals surface area contributed by atoms with E-state index in [-0.39, 0.29) is 17.2 Å². The smallest absolute Gasteiger partial charge is 0.339 e. The van der Waals surface area contributed by atoms with Crippen molar-refractivity contribution in [3.8, 4) is 5.75 Å². The molecule has 24 heavy (non-hydrogen) atoms. The summed E-state index contributed by atoms with van der Waals surface area (Å²) in [6.07, 6.45) is 0.412. The van der Waals surface area contributed by atoms with Crippen molar-refractivity contribution in [1.82, 2.24) is 4.90 Å². The Morgan fingerprint density at radius 1 is 1.29 bits per heavy atom. The second kappa shape index (κ2) is 7.68. The second-order valence-corrected chi connectivity index (χ2v) is 5.50. The summed E-state index contributed by atoms with van der Waals surface area (Å²) in [6, 6.07) is 8.93. The third kappa shape index (κ3) is 4.16. The quantitative estimate of drug-likeness (QED) is 0.843. The first-order chi connectivity index (χ1) is 11.4. The highest BCUT2D eigenvalue weighted by Gasteiger charge is 2.22. The summed E-state index contributed by atoms with van der Waals surface area (Å²) in [5.41, 5.74) is 1.13. The molecule has 0 saturated carbocycles. The summed E-state index contributed by atoms with van der Waals surface area (Å²) in [7, 11) is 1.62. The number of ether oxygens (including phenoxy) is 1. The predicted octanol–water partition coefficient (Wildman–Crippen LogP) is 3.00. The van der Waals surface area contributed by atoms with E-state index in [2.05, 4.69) is 0 Å². The molecule has 0 saturated heterocycles. The van der Waals surface area contributed by atoms with Crippen molar-refractivity contribution < 1.29 is 23.8 Å². The number of hydrogen-bond donors (Lipinski definition) is 1. The average molecular weight is 331 g/mol. The molecule has 1 aromatic heterocycles. The first kappa shape index (κ1) is 17.6. The molecule has 1 heterocycles. The number of aromatic carboxylic acids is 1. The summed E-state index contributed by atoms with van der Waals surface area (Å²) in [6.45, 7) is 4.44. The number of benzene rings is 1. The fraction of sp³-hybridized carbons (Fsp3) is 0.333. The fourth-order valence-corrected chi connectivity index (χ4v) is 2.27. The standard InChI is InChI=1S/C18H21NO5/c1-4-15-14(18(21)22)11-16(24-15)17(20)19(3)8-9-23-13-7-5-6-12(2)10-13/h5-7,10-11H,4,8-9H2,1-3H3,(H,21,22). The number of furan rings is 1. The number of carbonyl (C=O) groups is 2. The van der Waals surface area contributed by atoms with E-state index >= 15 is 0 Å². The lowest BCUT2D eigenvalue weighted by Gasteiger charge is -2.16. The molecule has 0 spiro atoms. The highest BCUT2D eigenvalue weighted by molar-refractivity contribution is 5.96. The van der Waals surface area contributed by atoms with Gasteiger partial charge in [-0.3, -0.25) is 4.79 Å². The van der Waals surface area contributed by atoms with Crippen molar-refractivity contribution in [2.24, 2.45) is 0 Å². The number of carbonyl (C=O) groups excluding carboxylic acids is 1. The molecule has 1 amide bonds. The molecule has 128 valence electrons.